The van der Waals surface area contributed by atoms with Crippen LogP contribution in [-0.2, 0) is 4.79 Å². The zero-order valence-electron chi connectivity index (χ0n) is 15.0. The van der Waals surface area contributed by atoms with Crippen LogP contribution in [0.5, 0.6) is 0 Å². The molecule has 142 valence electrons. The topological polar surface area (TPSA) is 52.6 Å². The Kier molecular flexibility index (Phi) is 5.96. The number of rotatable bonds is 4. The molecule has 27 heavy (non-hydrogen) atoms. The van der Waals surface area contributed by atoms with Gasteiger partial charge >= 0.3 is 0 Å². The van der Waals surface area contributed by atoms with E-state index < -0.39 is 11.7 Å². The van der Waals surface area contributed by atoms with E-state index in [1.807, 2.05) is 25.1 Å². The van der Waals surface area contributed by atoms with Crippen LogP contribution in [0.25, 0.3) is 0 Å². The largest absolute Gasteiger partial charge is 0.368 e. The lowest BCUT2D eigenvalue weighted by Crippen LogP contribution is -2.51. The zero-order chi connectivity index (χ0) is 19.4. The quantitative estimate of drug-likeness (QED) is 0.874. The molecule has 0 aliphatic carbocycles. The molecule has 0 spiro atoms. The molecule has 1 aliphatic rings. The molecule has 1 fully saturated rings. The second kappa shape index (κ2) is 8.39. The summed E-state index contributed by atoms with van der Waals surface area (Å²) < 4.78 is 13.2. The Labute approximate surface area is 162 Å². The number of amides is 2. The molecule has 0 saturated carbocycles. The Morgan fingerprint density at radius 3 is 2.56 bits per heavy atom. The third-order valence-electron chi connectivity index (χ3n) is 4.63. The molecule has 3 rings (SSSR count). The van der Waals surface area contributed by atoms with Crippen LogP contribution in [0.4, 0.5) is 10.1 Å². The average molecular weight is 390 g/mol. The molecule has 1 saturated heterocycles. The van der Waals surface area contributed by atoms with E-state index in [1.165, 1.54) is 18.2 Å². The van der Waals surface area contributed by atoms with E-state index in [1.54, 1.807) is 4.90 Å². The summed E-state index contributed by atoms with van der Waals surface area (Å²) in [4.78, 5) is 28.3. The minimum Gasteiger partial charge on any atom is -0.368 e. The first kappa shape index (κ1) is 19.2. The number of carbonyl (C=O) groups is 2. The lowest BCUT2D eigenvalue weighted by molar-refractivity contribution is -0.130. The van der Waals surface area contributed by atoms with Gasteiger partial charge in [-0.15, -0.1) is 0 Å². The number of nitrogens with zero attached hydrogens (tertiary/aromatic N) is 2. The van der Waals surface area contributed by atoms with Crippen LogP contribution in [0.15, 0.2) is 42.5 Å². The second-order valence-corrected chi connectivity index (χ2v) is 6.93. The molecule has 0 radical (unpaired) electrons. The first-order chi connectivity index (χ1) is 12.9. The van der Waals surface area contributed by atoms with Gasteiger partial charge in [0.1, 0.15) is 5.82 Å². The number of aryl methyl sites for hydroxylation is 1. The predicted molar refractivity (Wildman–Crippen MR) is 104 cm³/mol. The van der Waals surface area contributed by atoms with Gasteiger partial charge in [-0.1, -0.05) is 23.7 Å². The average Bonchev–Trinajstić information content (AvgIpc) is 2.68. The maximum absolute atomic E-state index is 13.2. The number of benzene rings is 2. The summed E-state index contributed by atoms with van der Waals surface area (Å²) in [7, 11) is 0. The molecule has 0 aromatic heterocycles. The fraction of sp³-hybridized carbons (Fsp3) is 0.300. The highest BCUT2D eigenvalue weighted by molar-refractivity contribution is 6.30. The van der Waals surface area contributed by atoms with Crippen molar-refractivity contribution in [3.8, 4) is 0 Å². The van der Waals surface area contributed by atoms with Crippen molar-refractivity contribution in [1.82, 2.24) is 10.2 Å². The maximum Gasteiger partial charge on any atom is 0.251 e. The number of hydrogen-bond donors (Lipinski definition) is 1. The van der Waals surface area contributed by atoms with Gasteiger partial charge in [-0.3, -0.25) is 9.59 Å². The van der Waals surface area contributed by atoms with Gasteiger partial charge in [-0.05, 0) is 42.8 Å². The highest BCUT2D eigenvalue weighted by atomic mass is 35.5. The molecule has 1 aliphatic heterocycles. The van der Waals surface area contributed by atoms with Crippen molar-refractivity contribution < 1.29 is 14.0 Å². The number of carbonyl (C=O) groups excluding carboxylic acids is 2. The summed E-state index contributed by atoms with van der Waals surface area (Å²) in [6, 6.07) is 11.2. The Morgan fingerprint density at radius 2 is 1.85 bits per heavy atom. The highest BCUT2D eigenvalue weighted by Crippen LogP contribution is 2.25. The number of halogens is 2. The molecule has 0 bridgehead atoms. The normalized spacial score (nSPS) is 14.2. The van der Waals surface area contributed by atoms with Crippen LogP contribution in [0.1, 0.15) is 15.9 Å². The Bertz CT molecular complexity index is 851. The van der Waals surface area contributed by atoms with Gasteiger partial charge in [0.25, 0.3) is 5.91 Å². The van der Waals surface area contributed by atoms with Crippen LogP contribution in [0.3, 0.4) is 0 Å². The van der Waals surface area contributed by atoms with E-state index >= 15 is 0 Å². The van der Waals surface area contributed by atoms with Crippen LogP contribution in [-0.4, -0.2) is 49.4 Å². The molecular weight excluding hydrogens is 369 g/mol. The van der Waals surface area contributed by atoms with E-state index in [4.69, 9.17) is 11.6 Å². The van der Waals surface area contributed by atoms with Crippen molar-refractivity contribution in [3.05, 3.63) is 64.4 Å². The molecule has 0 atom stereocenters. The van der Waals surface area contributed by atoms with E-state index in [-0.39, 0.29) is 18.0 Å². The Hall–Kier alpha value is -2.60. The number of nitrogens with one attached hydrogen (secondary N) is 1. The molecule has 7 heteroatoms. The van der Waals surface area contributed by atoms with Gasteiger partial charge in [-0.2, -0.15) is 0 Å². The highest BCUT2D eigenvalue weighted by Gasteiger charge is 2.22. The summed E-state index contributed by atoms with van der Waals surface area (Å²) in [5.41, 5.74) is 2.42. The molecule has 5 nitrogen and oxygen atoms in total. The van der Waals surface area contributed by atoms with Crippen molar-refractivity contribution in [2.24, 2.45) is 0 Å². The third kappa shape index (κ3) is 4.77. The molecular formula is C20H21ClFN3O2. The van der Waals surface area contributed by atoms with Crippen LogP contribution in [0.2, 0.25) is 5.02 Å². The number of piperazine rings is 1. The molecule has 2 aromatic carbocycles. The summed E-state index contributed by atoms with van der Waals surface area (Å²) in [6.45, 7) is 4.47. The van der Waals surface area contributed by atoms with Crippen molar-refractivity contribution in [1.29, 1.82) is 0 Å². The van der Waals surface area contributed by atoms with Gasteiger partial charge in [0.05, 0.1) is 6.54 Å². The summed E-state index contributed by atoms with van der Waals surface area (Å²) in [5, 5.41) is 3.24. The summed E-state index contributed by atoms with van der Waals surface area (Å²) in [5.74, 6) is -1.10. The predicted octanol–water partition coefficient (Wildman–Crippen LogP) is 2.87. The lowest BCUT2D eigenvalue weighted by Gasteiger charge is -2.37. The fourth-order valence-corrected chi connectivity index (χ4v) is 3.29. The van der Waals surface area contributed by atoms with Gasteiger partial charge in [0.2, 0.25) is 5.91 Å². The maximum atomic E-state index is 13.2. The van der Waals surface area contributed by atoms with Crippen LogP contribution < -0.4 is 10.2 Å². The van der Waals surface area contributed by atoms with E-state index in [2.05, 4.69) is 10.2 Å². The van der Waals surface area contributed by atoms with Crippen molar-refractivity contribution in [2.75, 3.05) is 37.6 Å². The SMILES string of the molecule is Cc1ccc(Cl)cc1N1CCN(C(=O)CNC(=O)c2cccc(F)c2)CC1. The van der Waals surface area contributed by atoms with Crippen LogP contribution >= 0.6 is 11.6 Å². The third-order valence-corrected chi connectivity index (χ3v) is 4.87. The second-order valence-electron chi connectivity index (χ2n) is 6.49. The number of hydrogen-bond acceptors (Lipinski definition) is 3. The fourth-order valence-electron chi connectivity index (χ4n) is 3.12. The minimum atomic E-state index is -0.485. The van der Waals surface area contributed by atoms with E-state index in [0.717, 1.165) is 17.3 Å². The van der Waals surface area contributed by atoms with Gasteiger partial charge in [0.15, 0.2) is 0 Å². The summed E-state index contributed by atoms with van der Waals surface area (Å²) in [6.07, 6.45) is 0. The Morgan fingerprint density at radius 1 is 1.11 bits per heavy atom. The molecule has 1 N–H and O–H groups in total. The standard InChI is InChI=1S/C20H21ClFN3O2/c1-14-5-6-16(21)12-18(14)24-7-9-25(10-8-24)19(26)13-23-20(27)15-3-2-4-17(22)11-15/h2-6,11-12H,7-10,13H2,1H3,(H,23,27). The van der Waals surface area contributed by atoms with Crippen molar-refractivity contribution in [2.45, 2.75) is 6.92 Å². The molecule has 0 unspecified atom stereocenters. The zero-order valence-corrected chi connectivity index (χ0v) is 15.8. The van der Waals surface area contributed by atoms with Crippen molar-refractivity contribution >= 4 is 29.1 Å². The molecule has 2 aromatic rings. The van der Waals surface area contributed by atoms with Gasteiger partial charge < -0.3 is 15.1 Å². The minimum absolute atomic E-state index is 0.106. The number of anilines is 1. The first-order valence-corrected chi connectivity index (χ1v) is 9.14. The van der Waals surface area contributed by atoms with Crippen molar-refractivity contribution in [3.63, 3.8) is 0 Å². The van der Waals surface area contributed by atoms with Crippen LogP contribution in [0, 0.1) is 12.7 Å². The van der Waals surface area contributed by atoms with E-state index in [9.17, 15) is 14.0 Å². The monoisotopic (exact) mass is 389 g/mol. The smallest absolute Gasteiger partial charge is 0.251 e. The first-order valence-electron chi connectivity index (χ1n) is 8.76. The molecule has 1 heterocycles. The lowest BCUT2D eigenvalue weighted by atomic mass is 10.1. The Balaban J connectivity index is 1.51. The van der Waals surface area contributed by atoms with Gasteiger partial charge in [0, 0.05) is 42.5 Å². The van der Waals surface area contributed by atoms with E-state index in [0.29, 0.717) is 31.2 Å². The van der Waals surface area contributed by atoms with Gasteiger partial charge in [-0.25, -0.2) is 4.39 Å². The summed E-state index contributed by atoms with van der Waals surface area (Å²) >= 11 is 6.09. The molecule has 2 amide bonds.